The molecule has 4 atom stereocenters. The molecule has 2 saturated carbocycles. The monoisotopic (exact) mass is 343 g/mol. The van der Waals surface area contributed by atoms with Gasteiger partial charge in [0.25, 0.3) is 0 Å². The largest absolute Gasteiger partial charge is 0.494 e. The van der Waals surface area contributed by atoms with Gasteiger partial charge in [-0.2, -0.15) is 0 Å². The second kappa shape index (κ2) is 8.03. The molecule has 1 aromatic carbocycles. The standard InChI is InChI=1S/C21H29NO3/c1-14(20-13-16-5-6-18(20)12-16)22-21(24)4-3-11-25-19-9-7-17(8-10-19)15(2)23/h7-10,14,16,18,20H,3-6,11-13H2,1-2H3,(H,22,24)/t14-,16-,18-,20-/m1/s1. The molecule has 0 heterocycles. The zero-order chi connectivity index (χ0) is 17.8. The van der Waals surface area contributed by atoms with Crippen LogP contribution in [0, 0.1) is 17.8 Å². The van der Waals surface area contributed by atoms with Gasteiger partial charge in [0.15, 0.2) is 5.78 Å². The van der Waals surface area contributed by atoms with Crippen LogP contribution in [0.4, 0.5) is 0 Å². The molecule has 0 spiro atoms. The van der Waals surface area contributed by atoms with E-state index < -0.39 is 0 Å². The maximum Gasteiger partial charge on any atom is 0.220 e. The lowest BCUT2D eigenvalue weighted by Crippen LogP contribution is -2.40. The van der Waals surface area contributed by atoms with Gasteiger partial charge in [0.2, 0.25) is 5.91 Å². The number of nitrogens with one attached hydrogen (secondary N) is 1. The Morgan fingerprint density at radius 2 is 1.96 bits per heavy atom. The number of hydrogen-bond donors (Lipinski definition) is 1. The summed E-state index contributed by atoms with van der Waals surface area (Å²) in [6, 6.07) is 7.42. The molecule has 2 aliphatic rings. The third kappa shape index (κ3) is 4.62. The molecule has 0 unspecified atom stereocenters. The van der Waals surface area contributed by atoms with Crippen molar-refractivity contribution in [3.63, 3.8) is 0 Å². The van der Waals surface area contributed by atoms with Crippen molar-refractivity contribution in [1.29, 1.82) is 0 Å². The Balaban J connectivity index is 1.33. The summed E-state index contributed by atoms with van der Waals surface area (Å²) in [6.07, 6.45) is 6.62. The van der Waals surface area contributed by atoms with E-state index in [1.165, 1.54) is 25.7 Å². The number of hydrogen-bond acceptors (Lipinski definition) is 3. The van der Waals surface area contributed by atoms with Crippen molar-refractivity contribution in [2.75, 3.05) is 6.61 Å². The minimum Gasteiger partial charge on any atom is -0.494 e. The SMILES string of the molecule is CC(=O)c1ccc(OCCCC(=O)N[C@H](C)[C@H]2C[C@@H]3CC[C@@H]2C3)cc1. The molecule has 2 bridgehead atoms. The number of ether oxygens (including phenoxy) is 1. The van der Waals surface area contributed by atoms with Crippen molar-refractivity contribution in [1.82, 2.24) is 5.32 Å². The van der Waals surface area contributed by atoms with Gasteiger partial charge in [-0.3, -0.25) is 9.59 Å². The average molecular weight is 343 g/mol. The highest BCUT2D eigenvalue weighted by molar-refractivity contribution is 5.94. The van der Waals surface area contributed by atoms with Gasteiger partial charge in [0.1, 0.15) is 5.75 Å². The molecule has 136 valence electrons. The van der Waals surface area contributed by atoms with E-state index in [1.54, 1.807) is 31.2 Å². The van der Waals surface area contributed by atoms with Gasteiger partial charge in [0.05, 0.1) is 6.61 Å². The molecule has 25 heavy (non-hydrogen) atoms. The molecule has 1 N–H and O–H groups in total. The molecule has 4 heteroatoms. The van der Waals surface area contributed by atoms with Crippen LogP contribution in [0.3, 0.4) is 0 Å². The van der Waals surface area contributed by atoms with E-state index in [4.69, 9.17) is 4.74 Å². The molecule has 3 rings (SSSR count). The predicted octanol–water partition coefficient (Wildman–Crippen LogP) is 3.99. The Labute approximate surface area is 150 Å². The summed E-state index contributed by atoms with van der Waals surface area (Å²) in [7, 11) is 0. The lowest BCUT2D eigenvalue weighted by Gasteiger charge is -2.28. The van der Waals surface area contributed by atoms with Crippen LogP contribution in [-0.4, -0.2) is 24.3 Å². The first-order valence-electron chi connectivity index (χ1n) is 9.56. The van der Waals surface area contributed by atoms with E-state index in [2.05, 4.69) is 12.2 Å². The fourth-order valence-electron chi connectivity index (χ4n) is 4.55. The molecular weight excluding hydrogens is 314 g/mol. The maximum atomic E-state index is 12.1. The highest BCUT2D eigenvalue weighted by Crippen LogP contribution is 2.49. The van der Waals surface area contributed by atoms with Crippen molar-refractivity contribution in [3.05, 3.63) is 29.8 Å². The number of ketones is 1. The van der Waals surface area contributed by atoms with Gasteiger partial charge >= 0.3 is 0 Å². The van der Waals surface area contributed by atoms with Crippen molar-refractivity contribution in [2.45, 2.75) is 58.4 Å². The van der Waals surface area contributed by atoms with Crippen molar-refractivity contribution < 1.29 is 14.3 Å². The average Bonchev–Trinajstić information content (AvgIpc) is 3.22. The fraction of sp³-hybridized carbons (Fsp3) is 0.619. The van der Waals surface area contributed by atoms with Gasteiger partial charge in [0, 0.05) is 18.0 Å². The van der Waals surface area contributed by atoms with Gasteiger partial charge in [-0.15, -0.1) is 0 Å². The predicted molar refractivity (Wildman–Crippen MR) is 97.7 cm³/mol. The lowest BCUT2D eigenvalue weighted by molar-refractivity contribution is -0.122. The van der Waals surface area contributed by atoms with E-state index in [0.29, 0.717) is 37.0 Å². The van der Waals surface area contributed by atoms with Crippen LogP contribution in [0.1, 0.15) is 62.7 Å². The Kier molecular flexibility index (Phi) is 5.77. The number of benzene rings is 1. The highest BCUT2D eigenvalue weighted by atomic mass is 16.5. The number of carbonyl (C=O) groups excluding carboxylic acids is 2. The molecular formula is C21H29NO3. The maximum absolute atomic E-state index is 12.1. The van der Waals surface area contributed by atoms with E-state index in [9.17, 15) is 9.59 Å². The van der Waals surface area contributed by atoms with Crippen LogP contribution in [0.25, 0.3) is 0 Å². The summed E-state index contributed by atoms with van der Waals surface area (Å²) in [4.78, 5) is 23.4. The second-order valence-electron chi connectivity index (χ2n) is 7.73. The lowest BCUT2D eigenvalue weighted by atomic mass is 9.84. The van der Waals surface area contributed by atoms with E-state index in [1.807, 2.05) is 0 Å². The fourth-order valence-corrected chi connectivity index (χ4v) is 4.55. The van der Waals surface area contributed by atoms with Gasteiger partial charge < -0.3 is 10.1 Å². The van der Waals surface area contributed by atoms with Crippen LogP contribution < -0.4 is 10.1 Å². The zero-order valence-electron chi connectivity index (χ0n) is 15.3. The highest BCUT2D eigenvalue weighted by Gasteiger charge is 2.41. The first kappa shape index (κ1) is 18.0. The second-order valence-corrected chi connectivity index (χ2v) is 7.73. The summed E-state index contributed by atoms with van der Waals surface area (Å²) >= 11 is 0. The number of Topliss-reactive ketones (excluding diaryl/α,β-unsaturated/α-hetero) is 1. The topological polar surface area (TPSA) is 55.4 Å². The van der Waals surface area contributed by atoms with E-state index >= 15 is 0 Å². The normalized spacial score (nSPS) is 25.6. The Morgan fingerprint density at radius 1 is 1.20 bits per heavy atom. The summed E-state index contributed by atoms with van der Waals surface area (Å²) in [6.45, 7) is 4.22. The van der Waals surface area contributed by atoms with Crippen LogP contribution >= 0.6 is 0 Å². The third-order valence-corrected chi connectivity index (χ3v) is 5.90. The molecule has 0 aromatic heterocycles. The molecule has 0 aliphatic heterocycles. The molecule has 1 aromatic rings. The first-order chi connectivity index (χ1) is 12.0. The van der Waals surface area contributed by atoms with Crippen LogP contribution in [0.15, 0.2) is 24.3 Å². The summed E-state index contributed by atoms with van der Waals surface area (Å²) in [5, 5.41) is 3.19. The Hall–Kier alpha value is -1.84. The van der Waals surface area contributed by atoms with Crippen LogP contribution in [0.5, 0.6) is 5.75 Å². The Bertz CT molecular complexity index is 610. The van der Waals surface area contributed by atoms with Crippen LogP contribution in [-0.2, 0) is 4.79 Å². The van der Waals surface area contributed by atoms with Gasteiger partial charge in [-0.1, -0.05) is 6.42 Å². The number of carbonyl (C=O) groups is 2. The molecule has 0 saturated heterocycles. The zero-order valence-corrected chi connectivity index (χ0v) is 15.3. The van der Waals surface area contributed by atoms with Crippen LogP contribution in [0.2, 0.25) is 0 Å². The van der Waals surface area contributed by atoms with E-state index in [-0.39, 0.29) is 11.7 Å². The smallest absolute Gasteiger partial charge is 0.220 e. The van der Waals surface area contributed by atoms with Crippen molar-refractivity contribution in [2.24, 2.45) is 17.8 Å². The Morgan fingerprint density at radius 3 is 2.56 bits per heavy atom. The van der Waals surface area contributed by atoms with Gasteiger partial charge in [-0.05, 0) is 81.5 Å². The minimum absolute atomic E-state index is 0.0489. The molecule has 4 nitrogen and oxygen atoms in total. The minimum atomic E-state index is 0.0489. The molecule has 0 radical (unpaired) electrons. The van der Waals surface area contributed by atoms with Crippen molar-refractivity contribution in [3.8, 4) is 5.75 Å². The quantitative estimate of drug-likeness (QED) is 0.573. The number of amides is 1. The summed E-state index contributed by atoms with van der Waals surface area (Å²) in [5.41, 5.74) is 0.682. The van der Waals surface area contributed by atoms with E-state index in [0.717, 1.165) is 17.6 Å². The van der Waals surface area contributed by atoms with Crippen molar-refractivity contribution >= 4 is 11.7 Å². The first-order valence-corrected chi connectivity index (χ1v) is 9.56. The molecule has 2 fully saturated rings. The summed E-state index contributed by atoms with van der Waals surface area (Å²) < 4.78 is 5.64. The number of fused-ring (bicyclic) bond motifs is 2. The molecule has 1 amide bonds. The molecule has 2 aliphatic carbocycles. The van der Waals surface area contributed by atoms with Gasteiger partial charge in [-0.25, -0.2) is 0 Å². The third-order valence-electron chi connectivity index (χ3n) is 5.90. The number of rotatable bonds is 8. The summed E-state index contributed by atoms with van der Waals surface area (Å²) in [5.74, 6) is 3.34.